The van der Waals surface area contributed by atoms with E-state index in [-0.39, 0.29) is 43.2 Å². The standard InChI is InChI=1S/C29H33N3O5S2/c33-17-7-6-15-31(20-9-2-1-3-10-20)25(34)14-16-32(28(36)24-13-8-18-38-24)29-30-22(19-39-29)27-26(35)21-11-4-5-12-23(21)37-27/h4-5,8,11-13,18-20,27,33H,1-3,6-7,9-10,14-17H2. The second-order valence-corrected chi connectivity index (χ2v) is 11.7. The molecule has 1 unspecified atom stereocenters. The number of aliphatic hydroxyl groups excluding tert-OH is 1. The monoisotopic (exact) mass is 567 g/mol. The first-order valence-electron chi connectivity index (χ1n) is 13.6. The van der Waals surface area contributed by atoms with Crippen molar-refractivity contribution in [3.63, 3.8) is 0 Å². The number of para-hydroxylation sites is 1. The van der Waals surface area contributed by atoms with Gasteiger partial charge in [-0.3, -0.25) is 19.3 Å². The first-order chi connectivity index (χ1) is 19.1. The van der Waals surface area contributed by atoms with Gasteiger partial charge in [0.2, 0.25) is 17.8 Å². The van der Waals surface area contributed by atoms with Gasteiger partial charge in [0.1, 0.15) is 11.4 Å². The Kier molecular flexibility index (Phi) is 9.06. The SMILES string of the molecule is O=C1c2ccccc2OC1c1csc(N(CCC(=O)N(CCCCO)C2CCCCC2)C(=O)c2cccs2)n1. The van der Waals surface area contributed by atoms with Gasteiger partial charge in [0.15, 0.2) is 5.13 Å². The minimum absolute atomic E-state index is 0.0188. The molecule has 0 saturated heterocycles. The van der Waals surface area contributed by atoms with E-state index in [2.05, 4.69) is 4.98 Å². The van der Waals surface area contributed by atoms with E-state index in [0.717, 1.165) is 32.1 Å². The van der Waals surface area contributed by atoms with E-state index < -0.39 is 6.10 Å². The Labute approximate surface area is 236 Å². The second-order valence-electron chi connectivity index (χ2n) is 9.91. The van der Waals surface area contributed by atoms with Crippen molar-refractivity contribution in [2.45, 2.75) is 63.5 Å². The smallest absolute Gasteiger partial charge is 0.270 e. The number of benzene rings is 1. The number of amides is 2. The molecule has 3 aromatic rings. The fraction of sp³-hybridized carbons (Fsp3) is 0.448. The number of thiophene rings is 1. The lowest BCUT2D eigenvalue weighted by Crippen LogP contribution is -2.44. The fourth-order valence-corrected chi connectivity index (χ4v) is 6.81. The van der Waals surface area contributed by atoms with Crippen LogP contribution in [0.15, 0.2) is 47.2 Å². The van der Waals surface area contributed by atoms with Crippen molar-refractivity contribution in [3.8, 4) is 5.75 Å². The third-order valence-corrected chi connectivity index (χ3v) is 9.05. The molecule has 1 aromatic carbocycles. The van der Waals surface area contributed by atoms with Crippen LogP contribution in [0.1, 0.15) is 83.2 Å². The average molecular weight is 568 g/mol. The van der Waals surface area contributed by atoms with Gasteiger partial charge in [0.05, 0.1) is 10.4 Å². The lowest BCUT2D eigenvalue weighted by molar-refractivity contribution is -0.134. The van der Waals surface area contributed by atoms with Crippen LogP contribution in [0.4, 0.5) is 5.13 Å². The molecule has 0 radical (unpaired) electrons. The molecule has 1 N–H and O–H groups in total. The molecule has 10 heteroatoms. The second kappa shape index (κ2) is 12.8. The molecule has 39 heavy (non-hydrogen) atoms. The summed E-state index contributed by atoms with van der Waals surface area (Å²) in [6.45, 7) is 0.915. The highest BCUT2D eigenvalue weighted by molar-refractivity contribution is 7.14. The van der Waals surface area contributed by atoms with Crippen LogP contribution >= 0.6 is 22.7 Å². The fourth-order valence-electron chi connectivity index (χ4n) is 5.28. The maximum absolute atomic E-state index is 13.5. The summed E-state index contributed by atoms with van der Waals surface area (Å²) in [7, 11) is 0. The Morgan fingerprint density at radius 3 is 2.59 bits per heavy atom. The van der Waals surface area contributed by atoms with Crippen molar-refractivity contribution in [3.05, 3.63) is 63.3 Å². The highest BCUT2D eigenvalue weighted by Gasteiger charge is 2.36. The van der Waals surface area contributed by atoms with Gasteiger partial charge in [-0.15, -0.1) is 22.7 Å². The van der Waals surface area contributed by atoms with Crippen molar-refractivity contribution in [2.24, 2.45) is 0 Å². The number of carbonyl (C=O) groups excluding carboxylic acids is 3. The number of unbranched alkanes of at least 4 members (excludes halogenated alkanes) is 1. The molecule has 2 amide bonds. The maximum Gasteiger partial charge on any atom is 0.270 e. The third kappa shape index (κ3) is 6.23. The molecule has 1 aliphatic heterocycles. The van der Waals surface area contributed by atoms with Gasteiger partial charge in [-0.05, 0) is 49.3 Å². The van der Waals surface area contributed by atoms with Gasteiger partial charge in [-0.1, -0.05) is 37.5 Å². The summed E-state index contributed by atoms with van der Waals surface area (Å²) < 4.78 is 5.89. The van der Waals surface area contributed by atoms with Gasteiger partial charge >= 0.3 is 0 Å². The molecule has 1 saturated carbocycles. The van der Waals surface area contributed by atoms with Crippen molar-refractivity contribution in [1.82, 2.24) is 9.88 Å². The molecule has 2 aromatic heterocycles. The van der Waals surface area contributed by atoms with E-state index in [1.54, 1.807) is 34.5 Å². The highest BCUT2D eigenvalue weighted by Crippen LogP contribution is 2.38. The van der Waals surface area contributed by atoms with E-state index in [1.165, 1.54) is 29.1 Å². The number of anilines is 1. The molecule has 1 fully saturated rings. The Balaban J connectivity index is 1.33. The van der Waals surface area contributed by atoms with Crippen LogP contribution in [-0.4, -0.2) is 58.3 Å². The summed E-state index contributed by atoms with van der Waals surface area (Å²) in [4.78, 5) is 48.7. The summed E-state index contributed by atoms with van der Waals surface area (Å²) in [5.74, 6) is 0.179. The quantitative estimate of drug-likeness (QED) is 0.308. The molecule has 1 atom stereocenters. The molecular formula is C29H33N3O5S2. The highest BCUT2D eigenvalue weighted by atomic mass is 32.1. The van der Waals surface area contributed by atoms with Crippen molar-refractivity contribution >= 4 is 45.4 Å². The molecule has 3 heterocycles. The minimum atomic E-state index is -0.846. The topological polar surface area (TPSA) is 100 Å². The van der Waals surface area contributed by atoms with Gasteiger partial charge in [-0.25, -0.2) is 4.98 Å². The number of ether oxygens (including phenoxy) is 1. The summed E-state index contributed by atoms with van der Waals surface area (Å²) in [6.07, 6.45) is 6.16. The zero-order chi connectivity index (χ0) is 27.2. The van der Waals surface area contributed by atoms with Crippen LogP contribution < -0.4 is 9.64 Å². The Morgan fingerprint density at radius 2 is 1.85 bits per heavy atom. The van der Waals surface area contributed by atoms with Crippen molar-refractivity contribution in [2.75, 3.05) is 24.6 Å². The number of rotatable bonds is 11. The maximum atomic E-state index is 13.5. The average Bonchev–Trinajstić information content (AvgIpc) is 3.73. The predicted octanol–water partition coefficient (Wildman–Crippen LogP) is 5.49. The van der Waals surface area contributed by atoms with Crippen LogP contribution in [0.3, 0.4) is 0 Å². The lowest BCUT2D eigenvalue weighted by Gasteiger charge is -2.35. The molecule has 0 bridgehead atoms. The normalized spacial score (nSPS) is 17.1. The first-order valence-corrected chi connectivity index (χ1v) is 15.3. The molecule has 5 rings (SSSR count). The number of aromatic nitrogens is 1. The van der Waals surface area contributed by atoms with Crippen LogP contribution in [0.5, 0.6) is 5.75 Å². The van der Waals surface area contributed by atoms with Gasteiger partial charge in [0, 0.05) is 37.5 Å². The zero-order valence-corrected chi connectivity index (χ0v) is 23.4. The van der Waals surface area contributed by atoms with Crippen LogP contribution in [-0.2, 0) is 4.79 Å². The summed E-state index contributed by atoms with van der Waals surface area (Å²) in [5.41, 5.74) is 0.984. The number of ketones is 1. The molecular weight excluding hydrogens is 534 g/mol. The Morgan fingerprint density at radius 1 is 1.03 bits per heavy atom. The van der Waals surface area contributed by atoms with E-state index in [1.807, 2.05) is 22.4 Å². The number of fused-ring (bicyclic) bond motifs is 1. The van der Waals surface area contributed by atoms with E-state index in [4.69, 9.17) is 4.74 Å². The number of Topliss-reactive ketones (excluding diaryl/α,β-unsaturated/α-hetero) is 1. The van der Waals surface area contributed by atoms with Gasteiger partial charge < -0.3 is 14.7 Å². The largest absolute Gasteiger partial charge is 0.475 e. The number of thiazole rings is 1. The number of carbonyl (C=O) groups is 3. The van der Waals surface area contributed by atoms with E-state index >= 15 is 0 Å². The van der Waals surface area contributed by atoms with Crippen molar-refractivity contribution < 1.29 is 24.2 Å². The summed E-state index contributed by atoms with van der Waals surface area (Å²) >= 11 is 2.61. The lowest BCUT2D eigenvalue weighted by atomic mass is 9.93. The van der Waals surface area contributed by atoms with Crippen molar-refractivity contribution in [1.29, 1.82) is 0 Å². The predicted molar refractivity (Wildman–Crippen MR) is 152 cm³/mol. The van der Waals surface area contributed by atoms with E-state index in [0.29, 0.717) is 40.0 Å². The molecule has 8 nitrogen and oxygen atoms in total. The van der Waals surface area contributed by atoms with Crippen LogP contribution in [0, 0.1) is 0 Å². The number of hydrogen-bond donors (Lipinski definition) is 1. The van der Waals surface area contributed by atoms with Crippen LogP contribution in [0.25, 0.3) is 0 Å². The first kappa shape index (κ1) is 27.5. The number of nitrogens with zero attached hydrogens (tertiary/aromatic N) is 3. The summed E-state index contributed by atoms with van der Waals surface area (Å²) in [6, 6.07) is 10.9. The summed E-state index contributed by atoms with van der Waals surface area (Å²) in [5, 5.41) is 13.3. The molecule has 206 valence electrons. The Bertz CT molecular complexity index is 1290. The number of aliphatic hydroxyl groups is 1. The van der Waals surface area contributed by atoms with E-state index in [9.17, 15) is 19.5 Å². The van der Waals surface area contributed by atoms with Gasteiger partial charge in [0.25, 0.3) is 5.91 Å². The zero-order valence-electron chi connectivity index (χ0n) is 21.8. The van der Waals surface area contributed by atoms with Gasteiger partial charge in [-0.2, -0.15) is 0 Å². The minimum Gasteiger partial charge on any atom is -0.475 e. The number of hydrogen-bond acceptors (Lipinski definition) is 8. The molecule has 0 spiro atoms. The molecule has 2 aliphatic rings. The van der Waals surface area contributed by atoms with Crippen LogP contribution in [0.2, 0.25) is 0 Å². The molecule has 1 aliphatic carbocycles. The third-order valence-electron chi connectivity index (χ3n) is 7.31. The Hall–Kier alpha value is -3.08.